The average Bonchev–Trinajstić information content (AvgIpc) is 2.99. The fourth-order valence-corrected chi connectivity index (χ4v) is 4.83. The topological polar surface area (TPSA) is 74.0 Å². The van der Waals surface area contributed by atoms with Crippen molar-refractivity contribution in [3.8, 4) is 17.2 Å². The van der Waals surface area contributed by atoms with Gasteiger partial charge in [0, 0.05) is 36.8 Å². The van der Waals surface area contributed by atoms with Gasteiger partial charge in [0.05, 0.1) is 19.6 Å². The predicted molar refractivity (Wildman–Crippen MR) is 163 cm³/mol. The van der Waals surface area contributed by atoms with Crippen LogP contribution < -0.4 is 24.8 Å². The molecular weight excluding hydrogens is 531 g/mol. The normalized spacial score (nSPS) is 12.3. The van der Waals surface area contributed by atoms with Crippen LogP contribution in [0.3, 0.4) is 0 Å². The highest BCUT2D eigenvalue weighted by Crippen LogP contribution is 2.36. The summed E-state index contributed by atoms with van der Waals surface area (Å²) in [6.07, 6.45) is 2.86. The van der Waals surface area contributed by atoms with E-state index in [2.05, 4.69) is 36.1 Å². The molecule has 4 aromatic carbocycles. The van der Waals surface area contributed by atoms with Crippen molar-refractivity contribution in [1.29, 1.82) is 0 Å². The maximum Gasteiger partial charge on any atom is 0.221 e. The van der Waals surface area contributed by atoms with Crippen LogP contribution >= 0.6 is 0 Å². The number of nitrogens with two attached hydrogens (primary N) is 1. The molecule has 2 N–H and O–H groups in total. The number of ether oxygens (including phenoxy) is 3. The second-order valence-corrected chi connectivity index (χ2v) is 10.4. The van der Waals surface area contributed by atoms with Crippen LogP contribution in [0.1, 0.15) is 35.1 Å². The zero-order valence-electron chi connectivity index (χ0n) is 23.7. The van der Waals surface area contributed by atoms with E-state index in [9.17, 15) is 9.18 Å². The number of hydrogen-bond acceptors (Lipinski definition) is 5. The lowest BCUT2D eigenvalue weighted by Gasteiger charge is -2.31. The van der Waals surface area contributed by atoms with Gasteiger partial charge in [-0.15, -0.1) is 0 Å². The fourth-order valence-electron chi connectivity index (χ4n) is 4.83. The molecule has 0 unspecified atom stereocenters. The first-order valence-corrected chi connectivity index (χ1v) is 14.1. The number of aryl methyl sites for hydroxylation is 1. The number of primary amides is 1. The Kier molecular flexibility index (Phi) is 9.39. The lowest BCUT2D eigenvalue weighted by Crippen LogP contribution is -2.27. The molecule has 7 heteroatoms. The van der Waals surface area contributed by atoms with Crippen LogP contribution in [0.25, 0.3) is 5.57 Å². The van der Waals surface area contributed by atoms with Gasteiger partial charge in [-0.3, -0.25) is 4.79 Å². The summed E-state index contributed by atoms with van der Waals surface area (Å²) in [7, 11) is 0. The summed E-state index contributed by atoms with van der Waals surface area (Å²) in [6.45, 7) is 4.77. The standard InChI is InChI=1S/C35H35FN2O4/c1-25-6-8-27(9-7-25)24-42-31-5-2-4-30(21-31)40-18-3-19-41-32-14-15-34-33(22-32)28(20-35(37)39)16-17-38(34)23-26-10-12-29(36)13-11-26/h2,4-16,21-22H,3,17-20,23-24H2,1H3,(H2,37,39). The van der Waals surface area contributed by atoms with Gasteiger partial charge in [0.15, 0.2) is 0 Å². The summed E-state index contributed by atoms with van der Waals surface area (Å²) in [5, 5.41) is 0. The van der Waals surface area contributed by atoms with Crippen LogP contribution in [0.2, 0.25) is 0 Å². The van der Waals surface area contributed by atoms with Crippen molar-refractivity contribution in [2.24, 2.45) is 5.73 Å². The van der Waals surface area contributed by atoms with Gasteiger partial charge in [-0.2, -0.15) is 0 Å². The minimum Gasteiger partial charge on any atom is -0.493 e. The molecule has 0 saturated carbocycles. The molecule has 216 valence electrons. The Bertz CT molecular complexity index is 1530. The van der Waals surface area contributed by atoms with Gasteiger partial charge in [-0.1, -0.05) is 54.1 Å². The first kappa shape index (κ1) is 28.7. The molecule has 0 aromatic heterocycles. The monoisotopic (exact) mass is 566 g/mol. The molecule has 0 saturated heterocycles. The maximum atomic E-state index is 13.4. The molecule has 5 rings (SSSR count). The van der Waals surface area contributed by atoms with Gasteiger partial charge in [0.1, 0.15) is 29.7 Å². The molecule has 0 bridgehead atoms. The number of amides is 1. The highest BCUT2D eigenvalue weighted by atomic mass is 19.1. The molecule has 1 aliphatic heterocycles. The molecule has 42 heavy (non-hydrogen) atoms. The molecule has 1 aliphatic rings. The SMILES string of the molecule is Cc1ccc(COc2cccc(OCCCOc3ccc4c(c3)C(CC(N)=O)=CCN4Cc3ccc(F)cc3)c2)cc1. The zero-order valence-corrected chi connectivity index (χ0v) is 23.7. The minimum atomic E-state index is -0.382. The number of carbonyl (C=O) groups is 1. The van der Waals surface area contributed by atoms with Gasteiger partial charge < -0.3 is 24.8 Å². The van der Waals surface area contributed by atoms with E-state index in [-0.39, 0.29) is 18.1 Å². The maximum absolute atomic E-state index is 13.4. The first-order valence-electron chi connectivity index (χ1n) is 14.1. The average molecular weight is 567 g/mol. The summed E-state index contributed by atoms with van der Waals surface area (Å²) in [4.78, 5) is 13.9. The molecule has 0 radical (unpaired) electrons. The van der Waals surface area contributed by atoms with Crippen LogP contribution in [-0.2, 0) is 17.9 Å². The van der Waals surface area contributed by atoms with Crippen LogP contribution in [0.5, 0.6) is 17.2 Å². The Labute approximate surface area is 246 Å². The predicted octanol–water partition coefficient (Wildman–Crippen LogP) is 6.84. The number of halogens is 1. The molecule has 6 nitrogen and oxygen atoms in total. The summed E-state index contributed by atoms with van der Waals surface area (Å²) in [5.41, 5.74) is 11.6. The minimum absolute atomic E-state index is 0.155. The highest BCUT2D eigenvalue weighted by Gasteiger charge is 2.21. The number of carbonyl (C=O) groups excluding carboxylic acids is 1. The molecule has 0 atom stereocenters. The van der Waals surface area contributed by atoms with E-state index >= 15 is 0 Å². The van der Waals surface area contributed by atoms with Gasteiger partial charge in [-0.05, 0) is 66.1 Å². The molecule has 1 amide bonds. The van der Waals surface area contributed by atoms with Crippen LogP contribution in [0.4, 0.5) is 10.1 Å². The molecule has 0 fully saturated rings. The summed E-state index contributed by atoms with van der Waals surface area (Å²) in [5.74, 6) is 1.57. The van der Waals surface area contributed by atoms with Crippen molar-refractivity contribution >= 4 is 17.2 Å². The Morgan fingerprint density at radius 1 is 0.833 bits per heavy atom. The van der Waals surface area contributed by atoms with Crippen LogP contribution in [0, 0.1) is 12.7 Å². The van der Waals surface area contributed by atoms with Crippen LogP contribution in [-0.4, -0.2) is 25.7 Å². The van der Waals surface area contributed by atoms with E-state index in [0.29, 0.717) is 45.1 Å². The molecule has 1 heterocycles. The second kappa shape index (κ2) is 13.7. The van der Waals surface area contributed by atoms with Crippen molar-refractivity contribution in [1.82, 2.24) is 0 Å². The molecule has 0 spiro atoms. The van der Waals surface area contributed by atoms with E-state index in [1.54, 1.807) is 12.1 Å². The molecule has 0 aliphatic carbocycles. The second-order valence-electron chi connectivity index (χ2n) is 10.4. The lowest BCUT2D eigenvalue weighted by molar-refractivity contribution is -0.117. The lowest BCUT2D eigenvalue weighted by atomic mass is 9.95. The third-order valence-corrected chi connectivity index (χ3v) is 7.02. The van der Waals surface area contributed by atoms with E-state index in [4.69, 9.17) is 19.9 Å². The van der Waals surface area contributed by atoms with Crippen molar-refractivity contribution in [2.75, 3.05) is 24.7 Å². The number of nitrogens with zero attached hydrogens (tertiary/aromatic N) is 1. The quantitative estimate of drug-likeness (QED) is 0.179. The van der Waals surface area contributed by atoms with E-state index in [0.717, 1.165) is 39.4 Å². The van der Waals surface area contributed by atoms with Crippen LogP contribution in [0.15, 0.2) is 97.1 Å². The number of fused-ring (bicyclic) bond motifs is 1. The van der Waals surface area contributed by atoms with E-state index < -0.39 is 0 Å². The van der Waals surface area contributed by atoms with Gasteiger partial charge in [0.25, 0.3) is 0 Å². The van der Waals surface area contributed by atoms with Crippen molar-refractivity contribution < 1.29 is 23.4 Å². The Hall–Kier alpha value is -4.78. The Morgan fingerprint density at radius 2 is 1.50 bits per heavy atom. The number of hydrogen-bond donors (Lipinski definition) is 1. The largest absolute Gasteiger partial charge is 0.493 e. The number of rotatable bonds is 13. The van der Waals surface area contributed by atoms with Gasteiger partial charge in [-0.25, -0.2) is 4.39 Å². The van der Waals surface area contributed by atoms with Gasteiger partial charge in [0.2, 0.25) is 5.91 Å². The number of benzene rings is 4. The third-order valence-electron chi connectivity index (χ3n) is 7.02. The van der Waals surface area contributed by atoms with Crippen molar-refractivity contribution in [3.63, 3.8) is 0 Å². The first-order chi connectivity index (χ1) is 20.4. The smallest absolute Gasteiger partial charge is 0.221 e. The van der Waals surface area contributed by atoms with Gasteiger partial charge >= 0.3 is 0 Å². The van der Waals surface area contributed by atoms with Crippen molar-refractivity contribution in [2.45, 2.75) is 32.9 Å². The van der Waals surface area contributed by atoms with E-state index in [1.807, 2.05) is 48.5 Å². The zero-order chi connectivity index (χ0) is 29.3. The van der Waals surface area contributed by atoms with Crippen molar-refractivity contribution in [3.05, 3.63) is 125 Å². The summed E-state index contributed by atoms with van der Waals surface area (Å²) in [6, 6.07) is 28.3. The fraction of sp³-hybridized carbons (Fsp3) is 0.229. The third kappa shape index (κ3) is 7.91. The Balaban J connectivity index is 1.14. The number of anilines is 1. The highest BCUT2D eigenvalue weighted by molar-refractivity contribution is 5.92. The summed E-state index contributed by atoms with van der Waals surface area (Å²) >= 11 is 0. The molecular formula is C35H35FN2O4. The van der Waals surface area contributed by atoms with E-state index in [1.165, 1.54) is 17.7 Å². The molecule has 4 aromatic rings. The summed E-state index contributed by atoms with van der Waals surface area (Å²) < 4.78 is 31.3. The Morgan fingerprint density at radius 3 is 2.21 bits per heavy atom.